The molecule has 0 spiro atoms. The molecule has 2 aromatic rings. The van der Waals surface area contributed by atoms with E-state index in [9.17, 15) is 4.79 Å². The van der Waals surface area contributed by atoms with Crippen molar-refractivity contribution in [1.29, 1.82) is 0 Å². The molecule has 0 radical (unpaired) electrons. The number of benzene rings is 2. The smallest absolute Gasteiger partial charge is 0.163 e. The Hall–Kier alpha value is -1.97. The zero-order valence-electron chi connectivity index (χ0n) is 15.0. The first kappa shape index (κ1) is 17.8. The van der Waals surface area contributed by atoms with Crippen LogP contribution in [0, 0.1) is 5.41 Å². The second kappa shape index (κ2) is 7.94. The third-order valence-corrected chi connectivity index (χ3v) is 4.84. The average molecular weight is 338 g/mol. The van der Waals surface area contributed by atoms with Gasteiger partial charge in [-0.2, -0.15) is 0 Å². The number of aryl methyl sites for hydroxylation is 1. The monoisotopic (exact) mass is 338 g/mol. The van der Waals surface area contributed by atoms with Gasteiger partial charge in [0.05, 0.1) is 12.7 Å². The first-order valence-corrected chi connectivity index (χ1v) is 8.94. The number of rotatable bonds is 7. The Morgan fingerprint density at radius 3 is 2.36 bits per heavy atom. The molecule has 3 rings (SSSR count). The summed E-state index contributed by atoms with van der Waals surface area (Å²) in [5.41, 5.74) is 1.79. The highest BCUT2D eigenvalue weighted by Crippen LogP contribution is 2.34. The molecule has 0 saturated carbocycles. The molecule has 1 fully saturated rings. The third kappa shape index (κ3) is 4.77. The van der Waals surface area contributed by atoms with E-state index in [1.165, 1.54) is 5.56 Å². The molecule has 132 valence electrons. The second-order valence-electron chi connectivity index (χ2n) is 7.37. The van der Waals surface area contributed by atoms with E-state index in [4.69, 9.17) is 9.47 Å². The first-order valence-electron chi connectivity index (χ1n) is 8.94. The van der Waals surface area contributed by atoms with Gasteiger partial charge in [0.2, 0.25) is 0 Å². The lowest BCUT2D eigenvalue weighted by molar-refractivity contribution is -0.0816. The molecule has 0 amide bonds. The van der Waals surface area contributed by atoms with Crippen molar-refractivity contribution in [3.05, 3.63) is 71.8 Å². The van der Waals surface area contributed by atoms with E-state index in [1.807, 2.05) is 48.5 Å². The summed E-state index contributed by atoms with van der Waals surface area (Å²) in [5, 5.41) is 0. The highest BCUT2D eigenvalue weighted by atomic mass is 16.7. The Kier molecular flexibility index (Phi) is 5.67. The third-order valence-electron chi connectivity index (χ3n) is 4.84. The van der Waals surface area contributed by atoms with Crippen LogP contribution in [0.25, 0.3) is 0 Å². The number of carbonyl (C=O) groups is 1. The molecule has 2 atom stereocenters. The molecule has 0 N–H and O–H groups in total. The van der Waals surface area contributed by atoms with Crippen LogP contribution in [-0.4, -0.2) is 24.8 Å². The van der Waals surface area contributed by atoms with Crippen LogP contribution in [0.5, 0.6) is 0 Å². The fraction of sp³-hybridized carbons (Fsp3) is 0.409. The minimum Gasteiger partial charge on any atom is -0.350 e. The maximum atomic E-state index is 12.5. The molecule has 1 aliphatic rings. The molecule has 3 heteroatoms. The van der Waals surface area contributed by atoms with Crippen LogP contribution in [-0.2, 0) is 15.9 Å². The van der Waals surface area contributed by atoms with Gasteiger partial charge in [0.15, 0.2) is 12.1 Å². The lowest BCUT2D eigenvalue weighted by Crippen LogP contribution is -2.34. The van der Waals surface area contributed by atoms with E-state index in [1.54, 1.807) is 0 Å². The van der Waals surface area contributed by atoms with Gasteiger partial charge in [0, 0.05) is 23.8 Å². The van der Waals surface area contributed by atoms with Gasteiger partial charge in [0.1, 0.15) is 0 Å². The highest BCUT2D eigenvalue weighted by molar-refractivity contribution is 5.96. The van der Waals surface area contributed by atoms with Crippen molar-refractivity contribution in [3.8, 4) is 0 Å². The summed E-state index contributed by atoms with van der Waals surface area (Å²) in [5.74, 6) is 0.155. The van der Waals surface area contributed by atoms with Gasteiger partial charge in [-0.15, -0.1) is 0 Å². The molecule has 1 aliphatic heterocycles. The van der Waals surface area contributed by atoms with Gasteiger partial charge >= 0.3 is 0 Å². The number of hydrogen-bond donors (Lipinski definition) is 0. The Labute approximate surface area is 150 Å². The van der Waals surface area contributed by atoms with Crippen molar-refractivity contribution in [2.24, 2.45) is 5.41 Å². The van der Waals surface area contributed by atoms with E-state index in [-0.39, 0.29) is 23.6 Å². The molecular formula is C22H26O3. The Morgan fingerprint density at radius 1 is 1.04 bits per heavy atom. The van der Waals surface area contributed by atoms with Crippen LogP contribution in [0.2, 0.25) is 0 Å². The predicted octanol–water partition coefficient (Wildman–Crippen LogP) is 4.66. The van der Waals surface area contributed by atoms with Crippen LogP contribution in [0.15, 0.2) is 60.7 Å². The number of Topliss-reactive ketones (excluding diaryl/α,β-unsaturated/α-hetero) is 1. The van der Waals surface area contributed by atoms with E-state index in [0.29, 0.717) is 13.0 Å². The molecule has 25 heavy (non-hydrogen) atoms. The van der Waals surface area contributed by atoms with Gasteiger partial charge in [-0.1, -0.05) is 74.5 Å². The Morgan fingerprint density at radius 2 is 1.68 bits per heavy atom. The van der Waals surface area contributed by atoms with Gasteiger partial charge < -0.3 is 9.47 Å². The normalized spacial score (nSPS) is 20.6. The molecule has 0 bridgehead atoms. The van der Waals surface area contributed by atoms with Crippen molar-refractivity contribution in [2.75, 3.05) is 6.61 Å². The standard InChI is InChI=1S/C22H26O3/c1-22(2,15-19(23)18-11-7-4-8-12-18)20-16-24-21(25-20)14-13-17-9-5-3-6-10-17/h3-12,20-21H,13-16H2,1-2H3. The maximum absolute atomic E-state index is 12.5. The minimum atomic E-state index is -0.256. The molecule has 0 aromatic heterocycles. The Balaban J connectivity index is 1.52. The summed E-state index contributed by atoms with van der Waals surface area (Å²) in [6.07, 6.45) is 1.98. The quantitative estimate of drug-likeness (QED) is 0.689. The number of hydrogen-bond acceptors (Lipinski definition) is 3. The first-order chi connectivity index (χ1) is 12.0. The predicted molar refractivity (Wildman–Crippen MR) is 98.5 cm³/mol. The SMILES string of the molecule is CC(C)(CC(=O)c1ccccc1)C1COC(CCc2ccccc2)O1. The van der Waals surface area contributed by atoms with Gasteiger partial charge in [-0.25, -0.2) is 0 Å². The fourth-order valence-corrected chi connectivity index (χ4v) is 3.20. The van der Waals surface area contributed by atoms with Crippen molar-refractivity contribution >= 4 is 5.78 Å². The lowest BCUT2D eigenvalue weighted by Gasteiger charge is -2.29. The molecule has 1 saturated heterocycles. The Bertz CT molecular complexity index is 679. The maximum Gasteiger partial charge on any atom is 0.163 e. The summed E-state index contributed by atoms with van der Waals surface area (Å²) >= 11 is 0. The summed E-state index contributed by atoms with van der Waals surface area (Å²) in [6.45, 7) is 4.72. The fourth-order valence-electron chi connectivity index (χ4n) is 3.20. The summed E-state index contributed by atoms with van der Waals surface area (Å²) in [4.78, 5) is 12.5. The van der Waals surface area contributed by atoms with Gasteiger partial charge in [-0.05, 0) is 12.0 Å². The molecule has 1 heterocycles. The topological polar surface area (TPSA) is 35.5 Å². The second-order valence-corrected chi connectivity index (χ2v) is 7.37. The number of ether oxygens (including phenoxy) is 2. The molecule has 3 nitrogen and oxygen atoms in total. The van der Waals surface area contributed by atoms with E-state index < -0.39 is 0 Å². The van der Waals surface area contributed by atoms with Crippen molar-refractivity contribution in [3.63, 3.8) is 0 Å². The van der Waals surface area contributed by atoms with Crippen LogP contribution in [0.3, 0.4) is 0 Å². The number of ketones is 1. The lowest BCUT2D eigenvalue weighted by atomic mass is 9.80. The molecule has 2 aromatic carbocycles. The summed E-state index contributed by atoms with van der Waals surface area (Å²) in [7, 11) is 0. The molecule has 0 aliphatic carbocycles. The summed E-state index contributed by atoms with van der Waals surface area (Å²) in [6, 6.07) is 19.8. The van der Waals surface area contributed by atoms with E-state index >= 15 is 0 Å². The van der Waals surface area contributed by atoms with Crippen LogP contribution >= 0.6 is 0 Å². The van der Waals surface area contributed by atoms with E-state index in [2.05, 4.69) is 26.0 Å². The molecule has 2 unspecified atom stereocenters. The van der Waals surface area contributed by atoms with Crippen LogP contribution < -0.4 is 0 Å². The highest BCUT2D eigenvalue weighted by Gasteiger charge is 2.39. The van der Waals surface area contributed by atoms with Crippen molar-refractivity contribution < 1.29 is 14.3 Å². The van der Waals surface area contributed by atoms with Gasteiger partial charge in [-0.3, -0.25) is 4.79 Å². The van der Waals surface area contributed by atoms with Crippen molar-refractivity contribution in [1.82, 2.24) is 0 Å². The largest absolute Gasteiger partial charge is 0.350 e. The minimum absolute atomic E-state index is 0.0547. The van der Waals surface area contributed by atoms with Gasteiger partial charge in [0.25, 0.3) is 0 Å². The van der Waals surface area contributed by atoms with Crippen LogP contribution in [0.1, 0.15) is 42.6 Å². The zero-order chi connectivity index (χ0) is 17.7. The van der Waals surface area contributed by atoms with E-state index in [0.717, 1.165) is 18.4 Å². The number of carbonyl (C=O) groups excluding carboxylic acids is 1. The summed E-state index contributed by atoms with van der Waals surface area (Å²) < 4.78 is 11.9. The zero-order valence-corrected chi connectivity index (χ0v) is 15.0. The average Bonchev–Trinajstić information content (AvgIpc) is 3.11. The molecular weight excluding hydrogens is 312 g/mol. The van der Waals surface area contributed by atoms with Crippen LogP contribution in [0.4, 0.5) is 0 Å². The van der Waals surface area contributed by atoms with Crippen molar-refractivity contribution in [2.45, 2.75) is 45.5 Å².